The molecule has 168 valence electrons. The first kappa shape index (κ1) is 21.9. The van der Waals surface area contributed by atoms with E-state index in [1.54, 1.807) is 18.3 Å². The molecule has 32 heavy (non-hydrogen) atoms. The van der Waals surface area contributed by atoms with Crippen LogP contribution in [0.25, 0.3) is 5.57 Å². The second-order valence-corrected chi connectivity index (χ2v) is 8.06. The van der Waals surface area contributed by atoms with Gasteiger partial charge in [0.2, 0.25) is 5.91 Å². The Kier molecular flexibility index (Phi) is 6.75. The van der Waals surface area contributed by atoms with Gasteiger partial charge in [-0.3, -0.25) is 9.59 Å². The standard InChI is InChI=1S/C22H25ClN6O3/c1-29-9-8-24-18(30)5-3-2-4-10-32-17-11-14(6-7-16(17)23)25-12-15-19-20(28-22(15)31)26-13-27-21(19)29/h6-7,11-13,25H,2-5,8-10H2,1H3,(H,24,30)(H,26,27,28,31)/b15-12-. The highest BCUT2D eigenvalue weighted by atomic mass is 35.5. The Hall–Kier alpha value is -3.33. The van der Waals surface area contributed by atoms with Gasteiger partial charge in [0.25, 0.3) is 5.91 Å². The van der Waals surface area contributed by atoms with Gasteiger partial charge < -0.3 is 25.6 Å². The number of aromatic nitrogens is 2. The smallest absolute Gasteiger partial charge is 0.259 e. The molecule has 0 unspecified atom stereocenters. The van der Waals surface area contributed by atoms with E-state index in [1.807, 2.05) is 18.0 Å². The average Bonchev–Trinajstić information content (AvgIpc) is 3.10. The Balaban J connectivity index is 1.66. The number of likely N-dealkylation sites (N-methyl/N-ethyl adjacent to an activating group) is 1. The minimum atomic E-state index is -0.271. The van der Waals surface area contributed by atoms with Gasteiger partial charge in [0.1, 0.15) is 23.7 Å². The highest BCUT2D eigenvalue weighted by molar-refractivity contribution is 6.33. The van der Waals surface area contributed by atoms with Crippen LogP contribution in [0.4, 0.5) is 17.3 Å². The maximum Gasteiger partial charge on any atom is 0.259 e. The van der Waals surface area contributed by atoms with E-state index in [0.29, 0.717) is 59.7 Å². The Bertz CT molecular complexity index is 1060. The van der Waals surface area contributed by atoms with Crippen LogP contribution < -0.4 is 25.6 Å². The molecule has 3 heterocycles. The third-order valence-corrected chi connectivity index (χ3v) is 5.64. The molecule has 2 aliphatic rings. The summed E-state index contributed by atoms with van der Waals surface area (Å²) in [6, 6.07) is 5.35. The number of anilines is 3. The van der Waals surface area contributed by atoms with Crippen LogP contribution in [-0.2, 0) is 9.59 Å². The van der Waals surface area contributed by atoms with Gasteiger partial charge in [-0.2, -0.15) is 0 Å². The Labute approximate surface area is 191 Å². The van der Waals surface area contributed by atoms with Gasteiger partial charge >= 0.3 is 0 Å². The van der Waals surface area contributed by atoms with Crippen LogP contribution >= 0.6 is 11.6 Å². The summed E-state index contributed by atoms with van der Waals surface area (Å²) in [6.07, 6.45) is 6.02. The zero-order valence-corrected chi connectivity index (χ0v) is 18.5. The molecule has 4 rings (SSSR count). The lowest BCUT2D eigenvalue weighted by Crippen LogP contribution is -2.33. The summed E-state index contributed by atoms with van der Waals surface area (Å²) in [7, 11) is 1.87. The number of hydrogen-bond donors (Lipinski definition) is 3. The summed E-state index contributed by atoms with van der Waals surface area (Å²) in [6.45, 7) is 1.52. The number of fused-ring (bicyclic) bond motifs is 2. The summed E-state index contributed by atoms with van der Waals surface area (Å²) in [5.41, 5.74) is 1.77. The molecular formula is C22H25ClN6O3. The second-order valence-electron chi connectivity index (χ2n) is 7.65. The predicted molar refractivity (Wildman–Crippen MR) is 124 cm³/mol. The normalized spacial score (nSPS) is 19.1. The monoisotopic (exact) mass is 456 g/mol. The van der Waals surface area contributed by atoms with E-state index in [9.17, 15) is 9.59 Å². The SMILES string of the molecule is CN1CCNC(=O)CCCCCOc2cc(ccc2Cl)N/C=C2\C(=O)Nc3ncnc1c32. The molecule has 0 saturated heterocycles. The fourth-order valence-corrected chi connectivity index (χ4v) is 3.77. The fourth-order valence-electron chi connectivity index (χ4n) is 3.60. The van der Waals surface area contributed by atoms with Crippen LogP contribution in [0, 0.1) is 0 Å². The van der Waals surface area contributed by atoms with Crippen LogP contribution in [0.1, 0.15) is 31.2 Å². The van der Waals surface area contributed by atoms with Gasteiger partial charge in [-0.15, -0.1) is 0 Å². The molecule has 1 aromatic heterocycles. The number of nitrogens with zero attached hydrogens (tertiary/aromatic N) is 3. The number of halogens is 1. The van der Waals surface area contributed by atoms with Crippen molar-refractivity contribution in [2.75, 3.05) is 42.3 Å². The molecule has 2 amide bonds. The van der Waals surface area contributed by atoms with E-state index in [4.69, 9.17) is 16.3 Å². The minimum Gasteiger partial charge on any atom is -0.492 e. The molecule has 3 N–H and O–H groups in total. The van der Waals surface area contributed by atoms with Crippen molar-refractivity contribution in [3.8, 4) is 5.75 Å². The Morgan fingerprint density at radius 3 is 2.91 bits per heavy atom. The summed E-state index contributed by atoms with van der Waals surface area (Å²) in [4.78, 5) is 35.2. The largest absolute Gasteiger partial charge is 0.492 e. The van der Waals surface area contributed by atoms with Crippen molar-refractivity contribution < 1.29 is 14.3 Å². The van der Waals surface area contributed by atoms with Gasteiger partial charge in [0.05, 0.1) is 22.8 Å². The molecular weight excluding hydrogens is 432 g/mol. The van der Waals surface area contributed by atoms with E-state index in [-0.39, 0.29) is 11.8 Å². The first-order valence-corrected chi connectivity index (χ1v) is 10.9. The third kappa shape index (κ3) is 4.94. The number of ether oxygens (including phenoxy) is 1. The Morgan fingerprint density at radius 1 is 1.16 bits per heavy atom. The van der Waals surface area contributed by atoms with Crippen molar-refractivity contribution in [2.45, 2.75) is 25.7 Å². The summed E-state index contributed by atoms with van der Waals surface area (Å²) >= 11 is 6.27. The van der Waals surface area contributed by atoms with E-state index < -0.39 is 0 Å². The van der Waals surface area contributed by atoms with Crippen LogP contribution in [0.2, 0.25) is 5.02 Å². The van der Waals surface area contributed by atoms with Crippen LogP contribution in [0.3, 0.4) is 0 Å². The predicted octanol–water partition coefficient (Wildman–Crippen LogP) is 3.04. The molecule has 0 atom stereocenters. The molecule has 10 heteroatoms. The number of nitrogens with one attached hydrogen (secondary N) is 3. The molecule has 2 aromatic rings. The van der Waals surface area contributed by atoms with Crippen molar-refractivity contribution in [1.29, 1.82) is 0 Å². The molecule has 2 aliphatic heterocycles. The molecule has 0 radical (unpaired) electrons. The van der Waals surface area contributed by atoms with E-state index in [2.05, 4.69) is 25.9 Å². The fraction of sp³-hybridized carbons (Fsp3) is 0.364. The van der Waals surface area contributed by atoms with Gasteiger partial charge in [-0.25, -0.2) is 9.97 Å². The number of carbonyl (C=O) groups excluding carboxylic acids is 2. The molecule has 1 aromatic carbocycles. The first-order chi connectivity index (χ1) is 15.5. The summed E-state index contributed by atoms with van der Waals surface area (Å²) in [5.74, 6) is 1.37. The zero-order chi connectivity index (χ0) is 22.5. The second kappa shape index (κ2) is 9.86. The van der Waals surface area contributed by atoms with Gasteiger partial charge in [-0.05, 0) is 31.4 Å². The topological polar surface area (TPSA) is 108 Å². The summed E-state index contributed by atoms with van der Waals surface area (Å²) in [5, 5.41) is 9.38. The van der Waals surface area contributed by atoms with Crippen LogP contribution in [0.15, 0.2) is 30.7 Å². The lowest BCUT2D eigenvalue weighted by Gasteiger charge is -2.20. The molecule has 9 nitrogen and oxygen atoms in total. The maximum absolute atomic E-state index is 12.6. The molecule has 2 bridgehead atoms. The van der Waals surface area contributed by atoms with Crippen molar-refractivity contribution in [1.82, 2.24) is 15.3 Å². The van der Waals surface area contributed by atoms with E-state index in [0.717, 1.165) is 24.9 Å². The van der Waals surface area contributed by atoms with Gasteiger partial charge in [-0.1, -0.05) is 11.6 Å². The van der Waals surface area contributed by atoms with E-state index in [1.165, 1.54) is 6.33 Å². The quantitative estimate of drug-likeness (QED) is 0.559. The number of amides is 2. The van der Waals surface area contributed by atoms with Crippen molar-refractivity contribution >= 4 is 46.3 Å². The average molecular weight is 457 g/mol. The lowest BCUT2D eigenvalue weighted by molar-refractivity contribution is -0.121. The van der Waals surface area contributed by atoms with Crippen LogP contribution in [0.5, 0.6) is 5.75 Å². The van der Waals surface area contributed by atoms with E-state index >= 15 is 0 Å². The van der Waals surface area contributed by atoms with Gasteiger partial charge in [0, 0.05) is 44.5 Å². The lowest BCUT2D eigenvalue weighted by atomic mass is 10.1. The van der Waals surface area contributed by atoms with Gasteiger partial charge in [0.15, 0.2) is 0 Å². The van der Waals surface area contributed by atoms with Crippen molar-refractivity contribution in [3.63, 3.8) is 0 Å². The van der Waals surface area contributed by atoms with Crippen molar-refractivity contribution in [2.24, 2.45) is 0 Å². The molecule has 0 saturated carbocycles. The third-order valence-electron chi connectivity index (χ3n) is 5.32. The highest BCUT2D eigenvalue weighted by Crippen LogP contribution is 2.36. The highest BCUT2D eigenvalue weighted by Gasteiger charge is 2.30. The number of carbonyl (C=O) groups is 2. The number of rotatable bonds is 0. The molecule has 0 fully saturated rings. The zero-order valence-electron chi connectivity index (χ0n) is 17.8. The summed E-state index contributed by atoms with van der Waals surface area (Å²) < 4.78 is 5.83. The Morgan fingerprint density at radius 2 is 2.03 bits per heavy atom. The molecule has 0 aliphatic carbocycles. The number of benzene rings is 1. The van der Waals surface area contributed by atoms with Crippen LogP contribution in [-0.4, -0.2) is 48.5 Å². The first-order valence-electron chi connectivity index (χ1n) is 10.6. The maximum atomic E-state index is 12.6. The van der Waals surface area contributed by atoms with Crippen molar-refractivity contribution in [3.05, 3.63) is 41.3 Å². The molecule has 0 spiro atoms. The minimum absolute atomic E-state index is 0.0162. The number of hydrogen-bond acceptors (Lipinski definition) is 7.